The van der Waals surface area contributed by atoms with Gasteiger partial charge in [-0.3, -0.25) is 14.4 Å². The number of hydrogen-bond donors (Lipinski definition) is 2. The summed E-state index contributed by atoms with van der Waals surface area (Å²) in [6.07, 6.45) is 1.51. The third-order valence-corrected chi connectivity index (χ3v) is 7.89. The van der Waals surface area contributed by atoms with Crippen LogP contribution in [0.25, 0.3) is 5.82 Å². The van der Waals surface area contributed by atoms with Gasteiger partial charge in [0.2, 0.25) is 10.0 Å². The maximum Gasteiger partial charge on any atom is 0.274 e. The molecule has 1 atom stereocenters. The fourth-order valence-electron chi connectivity index (χ4n) is 3.73. The molecule has 198 valence electrons. The zero-order valence-corrected chi connectivity index (χ0v) is 23.3. The first-order valence-electron chi connectivity index (χ1n) is 11.2. The SMILES string of the molecule is CCS(=O)(=O)N1CC(NC(=O)c2cc(C#N)cc(C)c2NC(=O)c2cc(Br)nn2-c2ncccc2Cl)CO1. The van der Waals surface area contributed by atoms with Gasteiger partial charge in [0, 0.05) is 12.3 Å². The third kappa shape index (κ3) is 5.71. The number of sulfonamides is 1. The first-order valence-corrected chi connectivity index (χ1v) is 14.0. The van der Waals surface area contributed by atoms with Crippen LogP contribution in [0.15, 0.2) is 41.1 Å². The molecule has 2 aromatic heterocycles. The van der Waals surface area contributed by atoms with Crippen molar-refractivity contribution in [3.63, 3.8) is 0 Å². The Labute approximate surface area is 231 Å². The molecule has 0 bridgehead atoms. The molecule has 0 radical (unpaired) electrons. The van der Waals surface area contributed by atoms with Gasteiger partial charge in [0.1, 0.15) is 10.3 Å². The second kappa shape index (κ2) is 11.2. The summed E-state index contributed by atoms with van der Waals surface area (Å²) in [5.41, 5.74) is 0.933. The molecule has 12 nitrogen and oxygen atoms in total. The second-order valence-electron chi connectivity index (χ2n) is 8.21. The molecule has 1 aliphatic rings. The lowest BCUT2D eigenvalue weighted by Gasteiger charge is -2.17. The summed E-state index contributed by atoms with van der Waals surface area (Å²) in [6, 6.07) is 8.95. The number of carbonyl (C=O) groups excluding carboxylic acids is 2. The lowest BCUT2D eigenvalue weighted by molar-refractivity contribution is -0.0288. The summed E-state index contributed by atoms with van der Waals surface area (Å²) in [6.45, 7) is 3.01. The fraction of sp³-hybridized carbons (Fsp3) is 0.261. The average Bonchev–Trinajstić information content (AvgIpc) is 3.52. The van der Waals surface area contributed by atoms with E-state index < -0.39 is 27.9 Å². The molecule has 1 aromatic carbocycles. The van der Waals surface area contributed by atoms with Crippen molar-refractivity contribution in [2.75, 3.05) is 24.2 Å². The molecule has 0 spiro atoms. The number of pyridine rings is 1. The first kappa shape index (κ1) is 27.7. The number of carbonyl (C=O) groups is 2. The standard InChI is InChI=1S/C23H21BrClN7O5S/c1-3-38(35,36)31-11-15(12-37-31)28-22(33)16-8-14(10-26)7-13(2)20(16)29-23(34)18-9-19(24)30-32(18)21-17(25)5-4-6-27-21/h4-9,15H,3,11-12H2,1-2H3,(H,28,33)(H,29,34). The summed E-state index contributed by atoms with van der Waals surface area (Å²) in [5, 5.41) is 19.4. The topological polar surface area (TPSA) is 159 Å². The molecule has 4 rings (SSSR count). The van der Waals surface area contributed by atoms with Gasteiger partial charge in [-0.2, -0.15) is 10.4 Å². The number of nitrogens with one attached hydrogen (secondary N) is 2. The number of aromatic nitrogens is 3. The van der Waals surface area contributed by atoms with E-state index in [1.54, 1.807) is 19.1 Å². The zero-order valence-electron chi connectivity index (χ0n) is 20.1. The van der Waals surface area contributed by atoms with Crippen LogP contribution in [0, 0.1) is 18.3 Å². The van der Waals surface area contributed by atoms with Crippen LogP contribution in [0.1, 0.15) is 38.9 Å². The van der Waals surface area contributed by atoms with Crippen LogP contribution < -0.4 is 10.6 Å². The van der Waals surface area contributed by atoms with E-state index in [0.29, 0.717) is 10.2 Å². The number of aryl methyl sites for hydroxylation is 1. The van der Waals surface area contributed by atoms with Gasteiger partial charge in [0.25, 0.3) is 11.8 Å². The predicted molar refractivity (Wildman–Crippen MR) is 141 cm³/mol. The zero-order chi connectivity index (χ0) is 27.6. The third-order valence-electron chi connectivity index (χ3n) is 5.60. The van der Waals surface area contributed by atoms with Crippen LogP contribution in [-0.2, 0) is 14.9 Å². The Hall–Kier alpha value is -3.35. The Balaban J connectivity index is 1.64. The Morgan fingerprint density at radius 3 is 2.76 bits per heavy atom. The van der Waals surface area contributed by atoms with Crippen molar-refractivity contribution >= 4 is 55.1 Å². The Morgan fingerprint density at radius 1 is 1.32 bits per heavy atom. The minimum Gasteiger partial charge on any atom is -0.345 e. The number of hydroxylamine groups is 1. The van der Waals surface area contributed by atoms with Gasteiger partial charge >= 0.3 is 0 Å². The first-order chi connectivity index (χ1) is 18.0. The number of nitrogens with zero attached hydrogens (tertiary/aromatic N) is 5. The van der Waals surface area contributed by atoms with Gasteiger partial charge in [0.05, 0.1) is 52.9 Å². The van der Waals surface area contributed by atoms with Crippen LogP contribution in [0.5, 0.6) is 0 Å². The highest BCUT2D eigenvalue weighted by molar-refractivity contribution is 9.10. The maximum atomic E-state index is 13.4. The van der Waals surface area contributed by atoms with Crippen LogP contribution in [-0.4, -0.2) is 64.4 Å². The minimum atomic E-state index is -3.60. The predicted octanol–water partition coefficient (Wildman–Crippen LogP) is 2.81. The highest BCUT2D eigenvalue weighted by Crippen LogP contribution is 2.26. The van der Waals surface area contributed by atoms with E-state index in [4.69, 9.17) is 16.4 Å². The summed E-state index contributed by atoms with van der Waals surface area (Å²) in [4.78, 5) is 36.1. The van der Waals surface area contributed by atoms with Crippen molar-refractivity contribution in [1.82, 2.24) is 24.5 Å². The number of hydrogen-bond acceptors (Lipinski definition) is 8. The molecule has 0 aliphatic carbocycles. The molecular weight excluding hydrogens is 602 g/mol. The molecule has 1 unspecified atom stereocenters. The average molecular weight is 623 g/mol. The van der Waals surface area contributed by atoms with E-state index in [2.05, 4.69) is 36.6 Å². The quantitative estimate of drug-likeness (QED) is 0.407. The van der Waals surface area contributed by atoms with E-state index in [1.165, 1.54) is 36.0 Å². The second-order valence-corrected chi connectivity index (χ2v) is 11.6. The Bertz CT molecular complexity index is 1570. The van der Waals surface area contributed by atoms with Gasteiger partial charge in [-0.15, -0.1) is 0 Å². The molecule has 2 amide bonds. The number of benzene rings is 1. The summed E-state index contributed by atoms with van der Waals surface area (Å²) >= 11 is 9.51. The van der Waals surface area contributed by atoms with Crippen LogP contribution >= 0.6 is 27.5 Å². The molecule has 15 heteroatoms. The van der Waals surface area contributed by atoms with Crippen LogP contribution in [0.2, 0.25) is 5.02 Å². The minimum absolute atomic E-state index is 0.0210. The molecule has 0 saturated carbocycles. The van der Waals surface area contributed by atoms with E-state index in [1.807, 2.05) is 6.07 Å². The van der Waals surface area contributed by atoms with Crippen LogP contribution in [0.3, 0.4) is 0 Å². The van der Waals surface area contributed by atoms with Crippen molar-refractivity contribution < 1.29 is 22.8 Å². The number of nitriles is 1. The van der Waals surface area contributed by atoms with E-state index in [0.717, 1.165) is 4.47 Å². The molecule has 1 fully saturated rings. The van der Waals surface area contributed by atoms with Crippen molar-refractivity contribution in [2.24, 2.45) is 0 Å². The van der Waals surface area contributed by atoms with Crippen molar-refractivity contribution in [3.8, 4) is 11.9 Å². The fourth-order valence-corrected chi connectivity index (χ4v) is 5.22. The normalized spacial score (nSPS) is 15.7. The molecule has 38 heavy (non-hydrogen) atoms. The molecule has 2 N–H and O–H groups in total. The molecular formula is C23H21BrClN7O5S. The molecule has 1 aliphatic heterocycles. The summed E-state index contributed by atoms with van der Waals surface area (Å²) in [7, 11) is -3.60. The van der Waals surface area contributed by atoms with Gasteiger partial charge in [-0.1, -0.05) is 16.1 Å². The smallest absolute Gasteiger partial charge is 0.274 e. The molecule has 1 saturated heterocycles. The summed E-state index contributed by atoms with van der Waals surface area (Å²) in [5.74, 6) is -1.15. The van der Waals surface area contributed by atoms with Gasteiger partial charge in [0.15, 0.2) is 5.82 Å². The van der Waals surface area contributed by atoms with Crippen molar-refractivity contribution in [2.45, 2.75) is 19.9 Å². The van der Waals surface area contributed by atoms with E-state index >= 15 is 0 Å². The number of halogens is 2. The van der Waals surface area contributed by atoms with E-state index in [9.17, 15) is 23.3 Å². The maximum absolute atomic E-state index is 13.4. The van der Waals surface area contributed by atoms with Crippen molar-refractivity contribution in [1.29, 1.82) is 5.26 Å². The highest BCUT2D eigenvalue weighted by Gasteiger charge is 2.33. The Kier molecular flexibility index (Phi) is 8.14. The number of amides is 2. The monoisotopic (exact) mass is 621 g/mol. The van der Waals surface area contributed by atoms with Crippen LogP contribution in [0.4, 0.5) is 5.69 Å². The largest absolute Gasteiger partial charge is 0.345 e. The number of anilines is 1. The summed E-state index contributed by atoms with van der Waals surface area (Å²) < 4.78 is 26.6. The highest BCUT2D eigenvalue weighted by atomic mass is 79.9. The lowest BCUT2D eigenvalue weighted by atomic mass is 10.0. The van der Waals surface area contributed by atoms with Crippen molar-refractivity contribution in [3.05, 3.63) is 68.5 Å². The molecule has 3 heterocycles. The van der Waals surface area contributed by atoms with Gasteiger partial charge in [-0.25, -0.2) is 18.1 Å². The van der Waals surface area contributed by atoms with Gasteiger partial charge in [-0.05, 0) is 59.6 Å². The lowest BCUT2D eigenvalue weighted by Crippen LogP contribution is -2.40. The molecule has 3 aromatic rings. The number of rotatable bonds is 7. The van der Waals surface area contributed by atoms with Gasteiger partial charge < -0.3 is 10.6 Å². The Morgan fingerprint density at radius 2 is 2.08 bits per heavy atom. The van der Waals surface area contributed by atoms with E-state index in [-0.39, 0.29) is 52.3 Å².